The van der Waals surface area contributed by atoms with E-state index < -0.39 is 5.97 Å². The molecule has 0 aliphatic heterocycles. The zero-order valence-corrected chi connectivity index (χ0v) is 10.8. The van der Waals surface area contributed by atoms with Crippen molar-refractivity contribution < 1.29 is 9.90 Å². The molecule has 0 unspecified atom stereocenters. The lowest BCUT2D eigenvalue weighted by Crippen LogP contribution is -2.09. The summed E-state index contributed by atoms with van der Waals surface area (Å²) in [6, 6.07) is 5.22. The Hall–Kier alpha value is -1.85. The molecule has 0 radical (unpaired) electrons. The van der Waals surface area contributed by atoms with Gasteiger partial charge in [-0.1, -0.05) is 6.07 Å². The van der Waals surface area contributed by atoms with Gasteiger partial charge in [0.25, 0.3) is 0 Å². The summed E-state index contributed by atoms with van der Waals surface area (Å²) < 4.78 is 2.02. The van der Waals surface area contributed by atoms with Crippen LogP contribution >= 0.6 is 0 Å². The van der Waals surface area contributed by atoms with Gasteiger partial charge in [-0.3, -0.25) is 0 Å². The van der Waals surface area contributed by atoms with Gasteiger partial charge in [-0.05, 0) is 37.1 Å². The minimum atomic E-state index is -0.911. The van der Waals surface area contributed by atoms with Crippen LogP contribution in [0.4, 0.5) is 0 Å². The second kappa shape index (κ2) is 5.86. The van der Waals surface area contributed by atoms with Gasteiger partial charge < -0.3 is 21.1 Å². The summed E-state index contributed by atoms with van der Waals surface area (Å²) >= 11 is 0. The SMILES string of the molecule is NCCCc1cn(CCN)c2cc(C(=O)O)ccc12. The van der Waals surface area contributed by atoms with Crippen LogP contribution in [0.3, 0.4) is 0 Å². The number of benzene rings is 1. The maximum absolute atomic E-state index is 11.0. The standard InChI is InChI=1S/C14H19N3O2/c15-5-1-2-11-9-17(7-6-16)13-8-10(14(18)19)3-4-12(11)13/h3-4,8-9H,1-2,5-7,15-16H2,(H,18,19). The van der Waals surface area contributed by atoms with E-state index in [1.807, 2.05) is 10.6 Å². The Kier molecular flexibility index (Phi) is 4.19. The molecule has 19 heavy (non-hydrogen) atoms. The van der Waals surface area contributed by atoms with E-state index in [1.54, 1.807) is 12.1 Å². The molecular formula is C14H19N3O2. The summed E-state index contributed by atoms with van der Waals surface area (Å²) in [6.45, 7) is 1.86. The highest BCUT2D eigenvalue weighted by molar-refractivity contribution is 5.94. The molecular weight excluding hydrogens is 242 g/mol. The number of hydrogen-bond donors (Lipinski definition) is 3. The number of hydrogen-bond acceptors (Lipinski definition) is 3. The van der Waals surface area contributed by atoms with Crippen LogP contribution in [0.25, 0.3) is 10.9 Å². The zero-order valence-electron chi connectivity index (χ0n) is 10.8. The van der Waals surface area contributed by atoms with Gasteiger partial charge >= 0.3 is 5.97 Å². The zero-order chi connectivity index (χ0) is 13.8. The lowest BCUT2D eigenvalue weighted by molar-refractivity contribution is 0.0697. The van der Waals surface area contributed by atoms with E-state index in [2.05, 4.69) is 6.20 Å². The fourth-order valence-corrected chi connectivity index (χ4v) is 2.32. The number of aromatic nitrogens is 1. The van der Waals surface area contributed by atoms with Gasteiger partial charge in [-0.2, -0.15) is 0 Å². The predicted molar refractivity (Wildman–Crippen MR) is 75.3 cm³/mol. The summed E-state index contributed by atoms with van der Waals surface area (Å²) in [4.78, 5) is 11.0. The monoisotopic (exact) mass is 261 g/mol. The van der Waals surface area contributed by atoms with Crippen molar-refractivity contribution in [1.29, 1.82) is 0 Å². The minimum Gasteiger partial charge on any atom is -0.478 e. The third-order valence-corrected chi connectivity index (χ3v) is 3.23. The molecule has 0 saturated heterocycles. The first-order valence-electron chi connectivity index (χ1n) is 6.42. The Labute approximate surface area is 111 Å². The number of carboxylic acid groups (broad SMARTS) is 1. The van der Waals surface area contributed by atoms with E-state index in [0.29, 0.717) is 25.2 Å². The third-order valence-electron chi connectivity index (χ3n) is 3.23. The number of nitrogens with zero attached hydrogens (tertiary/aromatic N) is 1. The summed E-state index contributed by atoms with van der Waals surface area (Å²) in [7, 11) is 0. The number of aromatic carboxylic acids is 1. The van der Waals surface area contributed by atoms with Gasteiger partial charge in [0.1, 0.15) is 0 Å². The maximum Gasteiger partial charge on any atom is 0.335 e. The molecule has 0 aliphatic rings. The quantitative estimate of drug-likeness (QED) is 0.728. The largest absolute Gasteiger partial charge is 0.478 e. The molecule has 5 heteroatoms. The van der Waals surface area contributed by atoms with Crippen LogP contribution < -0.4 is 11.5 Å². The van der Waals surface area contributed by atoms with Gasteiger partial charge in [0.15, 0.2) is 0 Å². The number of aryl methyl sites for hydroxylation is 1. The number of carbonyl (C=O) groups is 1. The van der Waals surface area contributed by atoms with Crippen molar-refractivity contribution >= 4 is 16.9 Å². The molecule has 1 aromatic heterocycles. The van der Waals surface area contributed by atoms with Gasteiger partial charge in [0.05, 0.1) is 5.56 Å². The molecule has 5 nitrogen and oxygen atoms in total. The predicted octanol–water partition coefficient (Wildman–Crippen LogP) is 1.19. The second-order valence-electron chi connectivity index (χ2n) is 4.57. The third kappa shape index (κ3) is 2.77. The summed E-state index contributed by atoms with van der Waals surface area (Å²) in [5.74, 6) is -0.911. The van der Waals surface area contributed by atoms with Crippen molar-refractivity contribution in [1.82, 2.24) is 4.57 Å². The van der Waals surface area contributed by atoms with Gasteiger partial charge in [0, 0.05) is 30.2 Å². The van der Waals surface area contributed by atoms with Crippen molar-refractivity contribution in [2.24, 2.45) is 11.5 Å². The first kappa shape index (κ1) is 13.6. The van der Waals surface area contributed by atoms with Gasteiger partial charge in [-0.15, -0.1) is 0 Å². The molecule has 0 fully saturated rings. The highest BCUT2D eigenvalue weighted by atomic mass is 16.4. The fourth-order valence-electron chi connectivity index (χ4n) is 2.32. The maximum atomic E-state index is 11.0. The Balaban J connectivity index is 2.50. The molecule has 1 heterocycles. The van der Waals surface area contributed by atoms with Gasteiger partial charge in [0.2, 0.25) is 0 Å². The van der Waals surface area contributed by atoms with Crippen LogP contribution in [-0.4, -0.2) is 28.7 Å². The molecule has 0 bridgehead atoms. The number of nitrogens with two attached hydrogens (primary N) is 2. The Morgan fingerprint density at radius 3 is 2.68 bits per heavy atom. The second-order valence-corrected chi connectivity index (χ2v) is 4.57. The van der Waals surface area contributed by atoms with Crippen molar-refractivity contribution in [3.63, 3.8) is 0 Å². The molecule has 102 valence electrons. The average Bonchev–Trinajstić information content (AvgIpc) is 2.74. The van der Waals surface area contributed by atoms with E-state index in [1.165, 1.54) is 5.56 Å². The van der Waals surface area contributed by atoms with E-state index in [-0.39, 0.29) is 0 Å². The topological polar surface area (TPSA) is 94.3 Å². The Morgan fingerprint density at radius 1 is 1.26 bits per heavy atom. The van der Waals surface area contributed by atoms with Crippen LogP contribution in [0.15, 0.2) is 24.4 Å². The normalized spacial score (nSPS) is 11.1. The van der Waals surface area contributed by atoms with Crippen LogP contribution in [0.2, 0.25) is 0 Å². The van der Waals surface area contributed by atoms with Crippen molar-refractivity contribution in [3.05, 3.63) is 35.5 Å². The molecule has 0 aliphatic carbocycles. The molecule has 2 aromatic rings. The lowest BCUT2D eigenvalue weighted by Gasteiger charge is -2.03. The molecule has 5 N–H and O–H groups in total. The Bertz CT molecular complexity index is 590. The van der Waals surface area contributed by atoms with Crippen LogP contribution in [0.5, 0.6) is 0 Å². The molecule has 2 rings (SSSR count). The fraction of sp³-hybridized carbons (Fsp3) is 0.357. The smallest absolute Gasteiger partial charge is 0.335 e. The van der Waals surface area contributed by atoms with E-state index in [4.69, 9.17) is 16.6 Å². The molecule has 0 amide bonds. The summed E-state index contributed by atoms with van der Waals surface area (Å²) in [5, 5.41) is 10.2. The van der Waals surface area contributed by atoms with E-state index in [9.17, 15) is 4.79 Å². The lowest BCUT2D eigenvalue weighted by atomic mass is 10.1. The Morgan fingerprint density at radius 2 is 2.05 bits per heavy atom. The summed E-state index contributed by atoms with van der Waals surface area (Å²) in [6.07, 6.45) is 3.87. The van der Waals surface area contributed by atoms with E-state index in [0.717, 1.165) is 23.7 Å². The minimum absolute atomic E-state index is 0.300. The number of fused-ring (bicyclic) bond motifs is 1. The van der Waals surface area contributed by atoms with Crippen molar-refractivity contribution in [2.45, 2.75) is 19.4 Å². The molecule has 0 saturated carbocycles. The number of carboxylic acids is 1. The van der Waals surface area contributed by atoms with Crippen molar-refractivity contribution in [2.75, 3.05) is 13.1 Å². The first-order chi connectivity index (χ1) is 9.17. The van der Waals surface area contributed by atoms with Crippen LogP contribution in [0.1, 0.15) is 22.3 Å². The molecule has 1 aromatic carbocycles. The molecule has 0 spiro atoms. The van der Waals surface area contributed by atoms with Crippen LogP contribution in [-0.2, 0) is 13.0 Å². The van der Waals surface area contributed by atoms with Crippen LogP contribution in [0, 0.1) is 0 Å². The van der Waals surface area contributed by atoms with Gasteiger partial charge in [-0.25, -0.2) is 4.79 Å². The highest BCUT2D eigenvalue weighted by Crippen LogP contribution is 2.24. The number of rotatable bonds is 6. The van der Waals surface area contributed by atoms with Crippen molar-refractivity contribution in [3.8, 4) is 0 Å². The first-order valence-corrected chi connectivity index (χ1v) is 6.42. The highest BCUT2D eigenvalue weighted by Gasteiger charge is 2.11. The summed E-state index contributed by atoms with van der Waals surface area (Å²) in [5.41, 5.74) is 13.6. The average molecular weight is 261 g/mol. The van der Waals surface area contributed by atoms with E-state index >= 15 is 0 Å². The molecule has 0 atom stereocenters.